The monoisotopic (exact) mass is 257 g/mol. The number of aromatic amines is 1. The lowest BCUT2D eigenvalue weighted by atomic mass is 10.4. The molecular formula is C9H11N3O2S2. The highest BCUT2D eigenvalue weighted by atomic mass is 32.2. The Balaban J connectivity index is 2.19. The highest BCUT2D eigenvalue weighted by molar-refractivity contribution is 7.91. The molecule has 2 rings (SSSR count). The maximum absolute atomic E-state index is 12.0. The third-order valence-electron chi connectivity index (χ3n) is 2.12. The molecule has 2 aromatic rings. The zero-order valence-electron chi connectivity index (χ0n) is 8.62. The van der Waals surface area contributed by atoms with E-state index in [0.717, 1.165) is 5.56 Å². The standard InChI is InChI=1S/C9H11N3O2S2/c1-12(7-8-5-10-11-6-8)16(13,14)9-3-2-4-15-9/h2-6H,7H2,1H3,(H,10,11). The van der Waals surface area contributed by atoms with Gasteiger partial charge in [-0.3, -0.25) is 5.10 Å². The Labute approximate surface area is 97.8 Å². The van der Waals surface area contributed by atoms with E-state index in [1.807, 2.05) is 0 Å². The van der Waals surface area contributed by atoms with Crippen molar-refractivity contribution in [1.82, 2.24) is 14.5 Å². The van der Waals surface area contributed by atoms with E-state index in [2.05, 4.69) is 10.2 Å². The highest BCUT2D eigenvalue weighted by Gasteiger charge is 2.21. The summed E-state index contributed by atoms with van der Waals surface area (Å²) in [5.74, 6) is 0. The van der Waals surface area contributed by atoms with Gasteiger partial charge < -0.3 is 0 Å². The molecule has 1 N–H and O–H groups in total. The van der Waals surface area contributed by atoms with Crippen LogP contribution in [0.3, 0.4) is 0 Å². The number of hydrogen-bond acceptors (Lipinski definition) is 4. The second-order valence-electron chi connectivity index (χ2n) is 3.30. The van der Waals surface area contributed by atoms with Crippen LogP contribution in [0, 0.1) is 0 Å². The molecule has 0 radical (unpaired) electrons. The fraction of sp³-hybridized carbons (Fsp3) is 0.222. The van der Waals surface area contributed by atoms with Gasteiger partial charge in [-0.05, 0) is 11.4 Å². The van der Waals surface area contributed by atoms with Crippen molar-refractivity contribution < 1.29 is 8.42 Å². The fourth-order valence-corrected chi connectivity index (χ4v) is 3.63. The Kier molecular flexibility index (Phi) is 3.08. The first-order chi connectivity index (χ1) is 7.60. The van der Waals surface area contributed by atoms with Crippen LogP contribution >= 0.6 is 11.3 Å². The van der Waals surface area contributed by atoms with E-state index in [4.69, 9.17) is 0 Å². The number of sulfonamides is 1. The Bertz CT molecular complexity index is 531. The van der Waals surface area contributed by atoms with Crippen LogP contribution in [0.25, 0.3) is 0 Å². The molecule has 86 valence electrons. The van der Waals surface area contributed by atoms with Gasteiger partial charge in [-0.25, -0.2) is 8.42 Å². The SMILES string of the molecule is CN(Cc1cn[nH]c1)S(=O)(=O)c1cccs1. The van der Waals surface area contributed by atoms with Gasteiger partial charge in [0.1, 0.15) is 4.21 Å². The van der Waals surface area contributed by atoms with Crippen molar-refractivity contribution in [3.05, 3.63) is 35.5 Å². The van der Waals surface area contributed by atoms with Crippen LogP contribution in [0.1, 0.15) is 5.56 Å². The maximum atomic E-state index is 12.0. The normalized spacial score (nSPS) is 12.1. The van der Waals surface area contributed by atoms with Crippen LogP contribution in [0.4, 0.5) is 0 Å². The molecule has 5 nitrogen and oxygen atoms in total. The van der Waals surface area contributed by atoms with Crippen LogP contribution in [0.15, 0.2) is 34.1 Å². The number of nitrogens with zero attached hydrogens (tertiary/aromatic N) is 2. The first-order valence-electron chi connectivity index (χ1n) is 4.58. The zero-order chi connectivity index (χ0) is 11.6. The summed E-state index contributed by atoms with van der Waals surface area (Å²) in [6.07, 6.45) is 3.29. The lowest BCUT2D eigenvalue weighted by Gasteiger charge is -2.14. The van der Waals surface area contributed by atoms with Crippen molar-refractivity contribution >= 4 is 21.4 Å². The molecule has 0 unspecified atom stereocenters. The summed E-state index contributed by atoms with van der Waals surface area (Å²) in [7, 11) is -1.80. The summed E-state index contributed by atoms with van der Waals surface area (Å²) in [6.45, 7) is 0.316. The quantitative estimate of drug-likeness (QED) is 0.897. The van der Waals surface area contributed by atoms with Gasteiger partial charge in [0.25, 0.3) is 10.0 Å². The van der Waals surface area contributed by atoms with E-state index in [9.17, 15) is 8.42 Å². The average molecular weight is 257 g/mol. The molecule has 0 saturated heterocycles. The van der Waals surface area contributed by atoms with Crippen LogP contribution in [0.5, 0.6) is 0 Å². The van der Waals surface area contributed by atoms with Crippen molar-refractivity contribution in [3.8, 4) is 0 Å². The summed E-state index contributed by atoms with van der Waals surface area (Å²) in [4.78, 5) is 0. The molecule has 0 bridgehead atoms. The van der Waals surface area contributed by atoms with Crippen molar-refractivity contribution in [2.24, 2.45) is 0 Å². The summed E-state index contributed by atoms with van der Waals surface area (Å²) in [5, 5.41) is 8.18. The molecule has 2 heterocycles. The summed E-state index contributed by atoms with van der Waals surface area (Å²) in [6, 6.07) is 3.33. The molecule has 0 aliphatic heterocycles. The third kappa shape index (κ3) is 2.16. The minimum absolute atomic E-state index is 0.316. The molecule has 0 saturated carbocycles. The predicted molar refractivity (Wildman–Crippen MR) is 61.6 cm³/mol. The fourth-order valence-electron chi connectivity index (χ4n) is 1.27. The Hall–Kier alpha value is -1.18. The summed E-state index contributed by atoms with van der Waals surface area (Å²) in [5.41, 5.74) is 0.836. The largest absolute Gasteiger partial charge is 0.285 e. The smallest absolute Gasteiger partial charge is 0.252 e. The van der Waals surface area contributed by atoms with Crippen LogP contribution in [-0.4, -0.2) is 30.0 Å². The number of aromatic nitrogens is 2. The van der Waals surface area contributed by atoms with E-state index in [0.29, 0.717) is 10.8 Å². The van der Waals surface area contributed by atoms with Crippen LogP contribution < -0.4 is 0 Å². The molecule has 0 spiro atoms. The van der Waals surface area contributed by atoms with Gasteiger partial charge in [0.05, 0.1) is 6.20 Å². The van der Waals surface area contributed by atoms with Crippen molar-refractivity contribution in [2.75, 3.05) is 7.05 Å². The Morgan fingerprint density at radius 3 is 2.94 bits per heavy atom. The van der Waals surface area contributed by atoms with Gasteiger partial charge in [0.15, 0.2) is 0 Å². The van der Waals surface area contributed by atoms with E-state index >= 15 is 0 Å². The number of nitrogens with one attached hydrogen (secondary N) is 1. The lowest BCUT2D eigenvalue weighted by Crippen LogP contribution is -2.25. The van der Waals surface area contributed by atoms with Gasteiger partial charge in [0.2, 0.25) is 0 Å². The van der Waals surface area contributed by atoms with E-state index in [-0.39, 0.29) is 0 Å². The first kappa shape index (κ1) is 11.3. The minimum Gasteiger partial charge on any atom is -0.285 e. The van der Waals surface area contributed by atoms with Crippen LogP contribution in [0.2, 0.25) is 0 Å². The topological polar surface area (TPSA) is 66.1 Å². The van der Waals surface area contributed by atoms with Crippen molar-refractivity contribution in [1.29, 1.82) is 0 Å². The third-order valence-corrected chi connectivity index (χ3v) is 5.30. The Morgan fingerprint density at radius 2 is 2.38 bits per heavy atom. The minimum atomic E-state index is -3.36. The molecule has 0 fully saturated rings. The zero-order valence-corrected chi connectivity index (χ0v) is 10.3. The van der Waals surface area contributed by atoms with Crippen molar-refractivity contribution in [2.45, 2.75) is 10.8 Å². The van der Waals surface area contributed by atoms with Gasteiger partial charge >= 0.3 is 0 Å². The second kappa shape index (κ2) is 4.36. The average Bonchev–Trinajstić information content (AvgIpc) is 2.89. The molecule has 0 aromatic carbocycles. The predicted octanol–water partition coefficient (Wildman–Crippen LogP) is 1.29. The second-order valence-corrected chi connectivity index (χ2v) is 6.52. The van der Waals surface area contributed by atoms with E-state index < -0.39 is 10.0 Å². The maximum Gasteiger partial charge on any atom is 0.252 e. The number of H-pyrrole nitrogens is 1. The molecule has 7 heteroatoms. The number of hydrogen-bond donors (Lipinski definition) is 1. The molecule has 0 amide bonds. The first-order valence-corrected chi connectivity index (χ1v) is 6.90. The Morgan fingerprint density at radius 1 is 1.56 bits per heavy atom. The molecule has 2 aromatic heterocycles. The number of thiophene rings is 1. The molecule has 16 heavy (non-hydrogen) atoms. The molecule has 0 atom stereocenters. The van der Waals surface area contributed by atoms with E-state index in [1.54, 1.807) is 37.0 Å². The summed E-state index contributed by atoms with van der Waals surface area (Å²) >= 11 is 1.22. The van der Waals surface area contributed by atoms with Crippen molar-refractivity contribution in [3.63, 3.8) is 0 Å². The van der Waals surface area contributed by atoms with Gasteiger partial charge in [0, 0.05) is 25.4 Å². The van der Waals surface area contributed by atoms with Crippen LogP contribution in [-0.2, 0) is 16.6 Å². The lowest BCUT2D eigenvalue weighted by molar-refractivity contribution is 0.468. The molecule has 0 aliphatic rings. The van der Waals surface area contributed by atoms with Gasteiger partial charge in [-0.2, -0.15) is 9.40 Å². The molecule has 0 aliphatic carbocycles. The highest BCUT2D eigenvalue weighted by Crippen LogP contribution is 2.20. The van der Waals surface area contributed by atoms with E-state index in [1.165, 1.54) is 15.6 Å². The number of rotatable bonds is 4. The van der Waals surface area contributed by atoms with Gasteiger partial charge in [-0.15, -0.1) is 11.3 Å². The van der Waals surface area contributed by atoms with Gasteiger partial charge in [-0.1, -0.05) is 6.07 Å². The summed E-state index contributed by atoms with van der Waals surface area (Å²) < 4.78 is 25.7. The molecular weight excluding hydrogens is 246 g/mol.